The molecule has 2 N–H and O–H groups in total. The number of para-hydroxylation sites is 1. The van der Waals surface area contributed by atoms with E-state index in [1.165, 1.54) is 5.69 Å². The van der Waals surface area contributed by atoms with E-state index in [1.54, 1.807) is 6.08 Å². The van der Waals surface area contributed by atoms with Crippen molar-refractivity contribution in [3.8, 4) is 0 Å². The summed E-state index contributed by atoms with van der Waals surface area (Å²) in [6.45, 7) is 7.74. The van der Waals surface area contributed by atoms with Crippen LogP contribution in [0, 0.1) is 0 Å². The lowest BCUT2D eigenvalue weighted by Crippen LogP contribution is -2.50. The second-order valence-corrected chi connectivity index (χ2v) is 8.07. The highest BCUT2D eigenvalue weighted by atomic mass is 16.2. The predicted octanol–water partition coefficient (Wildman–Crippen LogP) is 2.03. The Morgan fingerprint density at radius 1 is 0.969 bits per heavy atom. The number of piperazine rings is 1. The average molecular weight is 436 g/mol. The van der Waals surface area contributed by atoms with Gasteiger partial charge in [-0.05, 0) is 29.8 Å². The minimum absolute atomic E-state index is 0.0136. The van der Waals surface area contributed by atoms with Crippen LogP contribution >= 0.6 is 0 Å². The Morgan fingerprint density at radius 2 is 1.59 bits per heavy atom. The molecule has 3 rings (SSSR count). The van der Waals surface area contributed by atoms with Crippen LogP contribution in [-0.2, 0) is 9.59 Å². The van der Waals surface area contributed by atoms with Gasteiger partial charge in [0.2, 0.25) is 0 Å². The molecular weight excluding hydrogens is 402 g/mol. The lowest BCUT2D eigenvalue weighted by Gasteiger charge is -2.40. The van der Waals surface area contributed by atoms with Gasteiger partial charge in [-0.25, -0.2) is 0 Å². The van der Waals surface area contributed by atoms with Crippen molar-refractivity contribution in [1.82, 2.24) is 15.5 Å². The first-order chi connectivity index (χ1) is 15.5. The molecule has 0 aromatic heterocycles. The van der Waals surface area contributed by atoms with Crippen molar-refractivity contribution < 1.29 is 9.59 Å². The van der Waals surface area contributed by atoms with Crippen LogP contribution in [0.3, 0.4) is 0 Å². The minimum Gasteiger partial charge on any atom is -0.378 e. The molecule has 2 aromatic carbocycles. The van der Waals surface area contributed by atoms with E-state index in [9.17, 15) is 9.59 Å². The van der Waals surface area contributed by atoms with Gasteiger partial charge < -0.3 is 20.4 Å². The van der Waals surface area contributed by atoms with Crippen LogP contribution in [0.5, 0.6) is 0 Å². The summed E-state index contributed by atoms with van der Waals surface area (Å²) in [5, 5.41) is 5.34. The molecule has 2 amide bonds. The van der Waals surface area contributed by atoms with Gasteiger partial charge in [0, 0.05) is 64.7 Å². The predicted molar refractivity (Wildman–Crippen MR) is 130 cm³/mol. The summed E-state index contributed by atoms with van der Waals surface area (Å²) in [5.74, 6) is -1.26. The zero-order valence-electron chi connectivity index (χ0n) is 19.0. The topological polar surface area (TPSA) is 67.9 Å². The Kier molecular flexibility index (Phi) is 8.27. The molecule has 0 bridgehead atoms. The van der Waals surface area contributed by atoms with Crippen molar-refractivity contribution in [2.45, 2.75) is 6.04 Å². The van der Waals surface area contributed by atoms with Crippen molar-refractivity contribution in [2.75, 3.05) is 63.2 Å². The fourth-order valence-electron chi connectivity index (χ4n) is 3.90. The van der Waals surface area contributed by atoms with Gasteiger partial charge in [-0.15, -0.1) is 6.58 Å². The van der Waals surface area contributed by atoms with Crippen molar-refractivity contribution in [3.05, 3.63) is 72.8 Å². The molecule has 0 spiro atoms. The van der Waals surface area contributed by atoms with Crippen LogP contribution in [0.25, 0.3) is 0 Å². The summed E-state index contributed by atoms with van der Waals surface area (Å²) in [4.78, 5) is 31.0. The van der Waals surface area contributed by atoms with Crippen LogP contribution in [0.4, 0.5) is 11.4 Å². The number of carbonyl (C=O) groups is 2. The Labute approximate surface area is 190 Å². The second-order valence-electron chi connectivity index (χ2n) is 8.07. The molecule has 2 aromatic rings. The number of nitrogens with one attached hydrogen (secondary N) is 2. The molecule has 7 nitrogen and oxygen atoms in total. The van der Waals surface area contributed by atoms with Gasteiger partial charge in [0.05, 0.1) is 6.04 Å². The van der Waals surface area contributed by atoms with Gasteiger partial charge in [-0.3, -0.25) is 14.5 Å². The molecule has 1 aliphatic rings. The zero-order chi connectivity index (χ0) is 22.9. The lowest BCUT2D eigenvalue weighted by atomic mass is 10.0. The summed E-state index contributed by atoms with van der Waals surface area (Å²) in [6, 6.07) is 18.8. The monoisotopic (exact) mass is 435 g/mol. The molecule has 1 atom stereocenters. The average Bonchev–Trinajstić information content (AvgIpc) is 2.83. The number of amides is 2. The van der Waals surface area contributed by atoms with Crippen LogP contribution in [0.15, 0.2) is 67.3 Å². The number of nitrogens with zero attached hydrogens (tertiary/aromatic N) is 3. The highest BCUT2D eigenvalue weighted by Gasteiger charge is 2.26. The molecule has 1 fully saturated rings. The van der Waals surface area contributed by atoms with Crippen molar-refractivity contribution in [1.29, 1.82) is 0 Å². The van der Waals surface area contributed by atoms with Crippen molar-refractivity contribution >= 4 is 23.2 Å². The van der Waals surface area contributed by atoms with Crippen LogP contribution in [-0.4, -0.2) is 70.1 Å². The molecule has 1 saturated heterocycles. The minimum atomic E-state index is -0.638. The maximum atomic E-state index is 12.3. The molecular formula is C25H33N5O2. The third-order valence-electron chi connectivity index (χ3n) is 5.74. The van der Waals surface area contributed by atoms with Crippen molar-refractivity contribution in [2.24, 2.45) is 0 Å². The Hall–Kier alpha value is -3.32. The SMILES string of the molecule is C=CCNC(=O)C(=O)NCC(c1ccc(N(C)C)cc1)N1CCN(c2ccccc2)CC1. The highest BCUT2D eigenvalue weighted by Crippen LogP contribution is 2.25. The third-order valence-corrected chi connectivity index (χ3v) is 5.74. The first-order valence-corrected chi connectivity index (χ1v) is 11.0. The molecule has 1 aliphatic heterocycles. The van der Waals surface area contributed by atoms with E-state index < -0.39 is 11.8 Å². The summed E-state index contributed by atoms with van der Waals surface area (Å²) < 4.78 is 0. The number of anilines is 2. The molecule has 1 unspecified atom stereocenters. The number of carbonyl (C=O) groups excluding carboxylic acids is 2. The van der Waals surface area contributed by atoms with E-state index in [-0.39, 0.29) is 12.6 Å². The molecule has 32 heavy (non-hydrogen) atoms. The van der Waals surface area contributed by atoms with Gasteiger partial charge in [-0.1, -0.05) is 36.4 Å². The maximum Gasteiger partial charge on any atom is 0.309 e. The zero-order valence-corrected chi connectivity index (χ0v) is 19.0. The molecule has 0 aliphatic carbocycles. The molecule has 1 heterocycles. The fourth-order valence-corrected chi connectivity index (χ4v) is 3.90. The number of rotatable bonds is 8. The van der Waals surface area contributed by atoms with Gasteiger partial charge in [-0.2, -0.15) is 0 Å². The molecule has 0 saturated carbocycles. The van der Waals surface area contributed by atoms with E-state index in [1.807, 2.05) is 20.2 Å². The van der Waals surface area contributed by atoms with E-state index in [2.05, 4.69) is 80.4 Å². The van der Waals surface area contributed by atoms with Gasteiger partial charge in [0.1, 0.15) is 0 Å². The smallest absolute Gasteiger partial charge is 0.309 e. The van der Waals surface area contributed by atoms with Gasteiger partial charge >= 0.3 is 11.8 Å². The normalized spacial score (nSPS) is 15.0. The summed E-state index contributed by atoms with van der Waals surface area (Å²) in [6.07, 6.45) is 1.55. The Morgan fingerprint density at radius 3 is 2.19 bits per heavy atom. The van der Waals surface area contributed by atoms with E-state index in [0.29, 0.717) is 6.54 Å². The summed E-state index contributed by atoms with van der Waals surface area (Å²) >= 11 is 0. The summed E-state index contributed by atoms with van der Waals surface area (Å²) in [5.41, 5.74) is 3.47. The number of hydrogen-bond acceptors (Lipinski definition) is 5. The third kappa shape index (κ3) is 6.11. The quantitative estimate of drug-likeness (QED) is 0.491. The lowest BCUT2D eigenvalue weighted by molar-refractivity contribution is -0.139. The maximum absolute atomic E-state index is 12.3. The standard InChI is InChI=1S/C25H33N5O2/c1-4-14-26-24(31)25(32)27-19-23(20-10-12-21(13-11-20)28(2)3)30-17-15-29(16-18-30)22-8-6-5-7-9-22/h4-13,23H,1,14-19H2,2-3H3,(H,26,31)(H,27,32). The van der Waals surface area contributed by atoms with Crippen LogP contribution < -0.4 is 20.4 Å². The molecule has 0 radical (unpaired) electrons. The van der Waals surface area contributed by atoms with E-state index >= 15 is 0 Å². The first-order valence-electron chi connectivity index (χ1n) is 11.0. The Balaban J connectivity index is 1.70. The largest absolute Gasteiger partial charge is 0.378 e. The number of benzene rings is 2. The van der Waals surface area contributed by atoms with Crippen LogP contribution in [0.2, 0.25) is 0 Å². The highest BCUT2D eigenvalue weighted by molar-refractivity contribution is 6.35. The second kappa shape index (κ2) is 11.3. The van der Waals surface area contributed by atoms with E-state index in [0.717, 1.165) is 37.4 Å². The summed E-state index contributed by atoms with van der Waals surface area (Å²) in [7, 11) is 4.02. The Bertz CT molecular complexity index is 890. The van der Waals surface area contributed by atoms with Crippen LogP contribution in [0.1, 0.15) is 11.6 Å². The van der Waals surface area contributed by atoms with Gasteiger partial charge in [0.25, 0.3) is 0 Å². The first kappa shape index (κ1) is 23.3. The van der Waals surface area contributed by atoms with E-state index in [4.69, 9.17) is 0 Å². The van der Waals surface area contributed by atoms with Gasteiger partial charge in [0.15, 0.2) is 0 Å². The van der Waals surface area contributed by atoms with Crippen molar-refractivity contribution in [3.63, 3.8) is 0 Å². The molecule has 7 heteroatoms. The molecule has 170 valence electrons. The fraction of sp³-hybridized carbons (Fsp3) is 0.360. The number of hydrogen-bond donors (Lipinski definition) is 2.